The number of ether oxygens (including phenoxy) is 2. The SMILES string of the molecule is COc1ccc(C2CCCN2Cc2csc(Cc3ccccc3)n2)c(OC)c1. The Kier molecular flexibility index (Phi) is 5.93. The second-order valence-electron chi connectivity index (χ2n) is 7.13. The zero-order chi connectivity index (χ0) is 19.3. The van der Waals surface area contributed by atoms with E-state index >= 15 is 0 Å². The minimum absolute atomic E-state index is 0.361. The van der Waals surface area contributed by atoms with Crippen LogP contribution < -0.4 is 9.47 Å². The Morgan fingerprint density at radius 2 is 1.96 bits per heavy atom. The molecule has 146 valence electrons. The van der Waals surface area contributed by atoms with Gasteiger partial charge in [0.25, 0.3) is 0 Å². The van der Waals surface area contributed by atoms with Crippen LogP contribution in [0.2, 0.25) is 0 Å². The van der Waals surface area contributed by atoms with Gasteiger partial charge in [-0.15, -0.1) is 11.3 Å². The Balaban J connectivity index is 1.48. The summed E-state index contributed by atoms with van der Waals surface area (Å²) in [6.45, 7) is 1.97. The lowest BCUT2D eigenvalue weighted by atomic mass is 10.0. The maximum Gasteiger partial charge on any atom is 0.127 e. The molecule has 1 aliphatic heterocycles. The summed E-state index contributed by atoms with van der Waals surface area (Å²) in [5, 5.41) is 3.39. The number of hydrogen-bond donors (Lipinski definition) is 0. The number of thiazole rings is 1. The molecule has 0 aliphatic carbocycles. The van der Waals surface area contributed by atoms with Crippen molar-refractivity contribution in [3.05, 3.63) is 75.7 Å². The smallest absolute Gasteiger partial charge is 0.127 e. The molecule has 0 saturated carbocycles. The van der Waals surface area contributed by atoms with Gasteiger partial charge in [-0.05, 0) is 31.0 Å². The molecule has 1 aliphatic rings. The van der Waals surface area contributed by atoms with Gasteiger partial charge in [-0.3, -0.25) is 4.90 Å². The van der Waals surface area contributed by atoms with E-state index in [2.05, 4.69) is 46.7 Å². The van der Waals surface area contributed by atoms with Crippen LogP contribution in [0.15, 0.2) is 53.9 Å². The maximum absolute atomic E-state index is 5.65. The van der Waals surface area contributed by atoms with E-state index in [4.69, 9.17) is 14.5 Å². The van der Waals surface area contributed by atoms with Crippen LogP contribution in [0.1, 0.15) is 40.7 Å². The first kappa shape index (κ1) is 19.0. The van der Waals surface area contributed by atoms with Crippen molar-refractivity contribution in [2.45, 2.75) is 31.8 Å². The number of likely N-dealkylation sites (tertiary alicyclic amines) is 1. The van der Waals surface area contributed by atoms with E-state index in [0.29, 0.717) is 6.04 Å². The van der Waals surface area contributed by atoms with Gasteiger partial charge in [-0.25, -0.2) is 4.98 Å². The fourth-order valence-electron chi connectivity index (χ4n) is 3.94. The molecule has 2 heterocycles. The van der Waals surface area contributed by atoms with E-state index in [1.165, 1.54) is 22.6 Å². The molecule has 0 N–H and O–H groups in total. The lowest BCUT2D eigenvalue weighted by molar-refractivity contribution is 0.240. The molecular formula is C23H26N2O2S. The van der Waals surface area contributed by atoms with Crippen molar-refractivity contribution in [1.82, 2.24) is 9.88 Å². The molecule has 1 atom stereocenters. The predicted molar refractivity (Wildman–Crippen MR) is 113 cm³/mol. The van der Waals surface area contributed by atoms with Crippen molar-refractivity contribution in [2.75, 3.05) is 20.8 Å². The minimum Gasteiger partial charge on any atom is -0.497 e. The molecule has 1 unspecified atom stereocenters. The van der Waals surface area contributed by atoms with Crippen molar-refractivity contribution in [2.24, 2.45) is 0 Å². The van der Waals surface area contributed by atoms with Crippen LogP contribution in [-0.2, 0) is 13.0 Å². The van der Waals surface area contributed by atoms with Gasteiger partial charge in [0.1, 0.15) is 11.5 Å². The summed E-state index contributed by atoms with van der Waals surface area (Å²) in [6.07, 6.45) is 3.24. The highest BCUT2D eigenvalue weighted by Crippen LogP contribution is 2.39. The van der Waals surface area contributed by atoms with E-state index in [-0.39, 0.29) is 0 Å². The molecular weight excluding hydrogens is 368 g/mol. The van der Waals surface area contributed by atoms with E-state index < -0.39 is 0 Å². The van der Waals surface area contributed by atoms with Crippen LogP contribution in [0.25, 0.3) is 0 Å². The van der Waals surface area contributed by atoms with Crippen LogP contribution in [0.3, 0.4) is 0 Å². The Hall–Kier alpha value is -2.37. The first-order valence-electron chi connectivity index (χ1n) is 9.70. The van der Waals surface area contributed by atoms with Gasteiger partial charge in [-0.1, -0.05) is 36.4 Å². The maximum atomic E-state index is 5.65. The van der Waals surface area contributed by atoms with Crippen molar-refractivity contribution < 1.29 is 9.47 Å². The topological polar surface area (TPSA) is 34.6 Å². The van der Waals surface area contributed by atoms with Gasteiger partial charge in [0, 0.05) is 36.0 Å². The summed E-state index contributed by atoms with van der Waals surface area (Å²) in [6, 6.07) is 17.0. The Morgan fingerprint density at radius 1 is 1.11 bits per heavy atom. The number of benzene rings is 2. The minimum atomic E-state index is 0.361. The predicted octanol–water partition coefficient (Wildman–Crippen LogP) is 5.09. The highest BCUT2D eigenvalue weighted by Gasteiger charge is 2.29. The first-order valence-corrected chi connectivity index (χ1v) is 10.6. The van der Waals surface area contributed by atoms with Crippen molar-refractivity contribution in [3.8, 4) is 11.5 Å². The molecule has 1 fully saturated rings. The molecule has 1 saturated heterocycles. The summed E-state index contributed by atoms with van der Waals surface area (Å²) in [5.74, 6) is 1.73. The molecule has 1 aromatic heterocycles. The molecule has 4 rings (SSSR count). The van der Waals surface area contributed by atoms with Gasteiger partial charge >= 0.3 is 0 Å². The van der Waals surface area contributed by atoms with Gasteiger partial charge in [-0.2, -0.15) is 0 Å². The second kappa shape index (κ2) is 8.76. The van der Waals surface area contributed by atoms with Gasteiger partial charge in [0.05, 0.1) is 24.9 Å². The normalized spacial score (nSPS) is 17.0. The number of rotatable bonds is 7. The summed E-state index contributed by atoms with van der Waals surface area (Å²) < 4.78 is 11.0. The number of nitrogens with zero attached hydrogens (tertiary/aromatic N) is 2. The molecule has 2 aromatic carbocycles. The van der Waals surface area contributed by atoms with E-state index in [0.717, 1.165) is 43.1 Å². The molecule has 0 bridgehead atoms. The fraction of sp³-hybridized carbons (Fsp3) is 0.348. The highest BCUT2D eigenvalue weighted by atomic mass is 32.1. The van der Waals surface area contributed by atoms with Crippen molar-refractivity contribution >= 4 is 11.3 Å². The van der Waals surface area contributed by atoms with Crippen LogP contribution in [0, 0.1) is 0 Å². The van der Waals surface area contributed by atoms with Crippen LogP contribution in [-0.4, -0.2) is 30.6 Å². The molecule has 28 heavy (non-hydrogen) atoms. The quantitative estimate of drug-likeness (QED) is 0.559. The molecule has 0 spiro atoms. The molecule has 0 radical (unpaired) electrons. The third kappa shape index (κ3) is 4.21. The van der Waals surface area contributed by atoms with Gasteiger partial charge < -0.3 is 9.47 Å². The van der Waals surface area contributed by atoms with Crippen LogP contribution in [0.5, 0.6) is 11.5 Å². The van der Waals surface area contributed by atoms with Crippen LogP contribution in [0.4, 0.5) is 0 Å². The number of aromatic nitrogens is 1. The Bertz CT molecular complexity index is 910. The largest absolute Gasteiger partial charge is 0.497 e. The highest BCUT2D eigenvalue weighted by molar-refractivity contribution is 7.09. The first-order chi connectivity index (χ1) is 13.8. The van der Waals surface area contributed by atoms with Crippen LogP contribution >= 0.6 is 11.3 Å². The average Bonchev–Trinajstić information content (AvgIpc) is 3.38. The third-order valence-corrected chi connectivity index (χ3v) is 6.22. The fourth-order valence-corrected chi connectivity index (χ4v) is 4.76. The molecule has 0 amide bonds. The third-order valence-electron chi connectivity index (χ3n) is 5.33. The Labute approximate surface area is 170 Å². The van der Waals surface area contributed by atoms with E-state index in [9.17, 15) is 0 Å². The summed E-state index contributed by atoms with van der Waals surface area (Å²) in [5.41, 5.74) is 3.71. The summed E-state index contributed by atoms with van der Waals surface area (Å²) >= 11 is 1.76. The zero-order valence-corrected chi connectivity index (χ0v) is 17.2. The van der Waals surface area contributed by atoms with Crippen molar-refractivity contribution in [3.63, 3.8) is 0 Å². The van der Waals surface area contributed by atoms with E-state index in [1.54, 1.807) is 25.6 Å². The standard InChI is InChI=1S/C23H26N2O2S/c1-26-19-10-11-20(22(14-19)27-2)21-9-6-12-25(21)15-18-16-28-23(24-18)13-17-7-4-3-5-8-17/h3-5,7-8,10-11,14,16,21H,6,9,12-13,15H2,1-2H3. The van der Waals surface area contributed by atoms with E-state index in [1.807, 2.05) is 12.1 Å². The summed E-state index contributed by atoms with van der Waals surface area (Å²) in [4.78, 5) is 7.41. The molecule has 4 nitrogen and oxygen atoms in total. The zero-order valence-electron chi connectivity index (χ0n) is 16.4. The second-order valence-corrected chi connectivity index (χ2v) is 8.07. The number of methoxy groups -OCH3 is 2. The monoisotopic (exact) mass is 394 g/mol. The Morgan fingerprint density at radius 3 is 2.75 bits per heavy atom. The summed E-state index contributed by atoms with van der Waals surface area (Å²) in [7, 11) is 3.42. The molecule has 5 heteroatoms. The van der Waals surface area contributed by atoms with Crippen molar-refractivity contribution in [1.29, 1.82) is 0 Å². The van der Waals surface area contributed by atoms with Gasteiger partial charge in [0.15, 0.2) is 0 Å². The lowest BCUT2D eigenvalue weighted by Gasteiger charge is -2.25. The molecule has 3 aromatic rings. The number of hydrogen-bond acceptors (Lipinski definition) is 5. The average molecular weight is 395 g/mol. The lowest BCUT2D eigenvalue weighted by Crippen LogP contribution is -2.23. The van der Waals surface area contributed by atoms with Gasteiger partial charge in [0.2, 0.25) is 0 Å².